The Kier molecular flexibility index (Phi) is 6.09. The Morgan fingerprint density at radius 2 is 1.94 bits per heavy atom. The predicted molar refractivity (Wildman–Crippen MR) is 104 cm³/mol. The summed E-state index contributed by atoms with van der Waals surface area (Å²) in [7, 11) is -4.31. The number of nitrogens with zero attached hydrogens (tertiary/aromatic N) is 1. The molecule has 2 heterocycles. The van der Waals surface area contributed by atoms with Crippen molar-refractivity contribution in [1.29, 1.82) is 0 Å². The summed E-state index contributed by atoms with van der Waals surface area (Å²) in [4.78, 5) is 39.4. The van der Waals surface area contributed by atoms with Gasteiger partial charge in [0, 0.05) is 24.5 Å². The Bertz CT molecular complexity index is 1220. The summed E-state index contributed by atoms with van der Waals surface area (Å²) in [6, 6.07) is 4.11. The van der Waals surface area contributed by atoms with E-state index in [4.69, 9.17) is 0 Å². The zero-order chi connectivity index (χ0) is 23.0. The first-order valence-electron chi connectivity index (χ1n) is 9.21. The lowest BCUT2D eigenvalue weighted by atomic mass is 9.98. The first-order valence-corrected chi connectivity index (χ1v) is 10.6. The maximum absolute atomic E-state index is 12.9. The Morgan fingerprint density at radius 3 is 2.58 bits per heavy atom. The maximum atomic E-state index is 12.9. The van der Waals surface area contributed by atoms with E-state index in [0.717, 1.165) is 22.5 Å². The fraction of sp³-hybridized carbons (Fsp3) is 0.389. The minimum Gasteiger partial charge on any atom is -0.326 e. The maximum Gasteiger partial charge on any atom is 0.416 e. The van der Waals surface area contributed by atoms with Crippen LogP contribution in [0.5, 0.6) is 0 Å². The molecule has 0 unspecified atom stereocenters. The van der Waals surface area contributed by atoms with Gasteiger partial charge >= 0.3 is 11.9 Å². The number of amides is 1. The fourth-order valence-electron chi connectivity index (χ4n) is 3.42. The molecule has 13 heteroatoms. The first-order chi connectivity index (χ1) is 14.4. The van der Waals surface area contributed by atoms with Crippen LogP contribution in [0.25, 0.3) is 0 Å². The van der Waals surface area contributed by atoms with Crippen LogP contribution in [0.4, 0.5) is 18.9 Å². The standard InChI is InChI=1S/C18H19F3N4O5S/c1-10-14(16(27)24-17(28)22-10)31(29,30)25-7-3-4-11(9-25)15(26)23-13-6-2-5-12(8-13)18(19,20)21/h2,5-6,8,11H,3-4,7,9H2,1H3,(H,23,26)(H2,22,24,27,28)/t11-/m1/s1. The molecule has 1 aliphatic rings. The van der Waals surface area contributed by atoms with Crippen LogP contribution in [0.15, 0.2) is 38.8 Å². The highest BCUT2D eigenvalue weighted by atomic mass is 32.2. The molecule has 3 N–H and O–H groups in total. The van der Waals surface area contributed by atoms with Gasteiger partial charge < -0.3 is 10.3 Å². The van der Waals surface area contributed by atoms with Gasteiger partial charge in [-0.05, 0) is 38.0 Å². The summed E-state index contributed by atoms with van der Waals surface area (Å²) in [5.74, 6) is -1.47. The smallest absolute Gasteiger partial charge is 0.326 e. The Labute approximate surface area is 174 Å². The summed E-state index contributed by atoms with van der Waals surface area (Å²) in [5.41, 5.74) is -3.04. The second kappa shape index (κ2) is 8.30. The van der Waals surface area contributed by atoms with Crippen LogP contribution in [-0.4, -0.2) is 41.7 Å². The molecule has 0 spiro atoms. The van der Waals surface area contributed by atoms with E-state index in [2.05, 4.69) is 10.3 Å². The summed E-state index contributed by atoms with van der Waals surface area (Å²) in [5, 5.41) is 2.39. The molecule has 1 aromatic heterocycles. The third-order valence-electron chi connectivity index (χ3n) is 4.89. The number of aromatic nitrogens is 2. The largest absolute Gasteiger partial charge is 0.416 e. The Balaban J connectivity index is 1.80. The summed E-state index contributed by atoms with van der Waals surface area (Å²) in [6.07, 6.45) is -3.95. The number of anilines is 1. The SMILES string of the molecule is Cc1[nH]c(=O)[nH]c(=O)c1S(=O)(=O)N1CCC[C@@H](C(=O)Nc2cccc(C(F)(F)F)c2)C1. The van der Waals surface area contributed by atoms with Crippen molar-refractivity contribution < 1.29 is 26.4 Å². The van der Waals surface area contributed by atoms with Crippen LogP contribution < -0.4 is 16.6 Å². The fourth-order valence-corrected chi connectivity index (χ4v) is 5.15. The van der Waals surface area contributed by atoms with Crippen molar-refractivity contribution in [2.45, 2.75) is 30.8 Å². The molecule has 1 fully saturated rings. The number of rotatable bonds is 4. The number of aromatic amines is 2. The first kappa shape index (κ1) is 22.7. The van der Waals surface area contributed by atoms with E-state index in [0.29, 0.717) is 12.8 Å². The minimum absolute atomic E-state index is 0.0493. The topological polar surface area (TPSA) is 132 Å². The molecule has 168 valence electrons. The molecule has 0 radical (unpaired) electrons. The van der Waals surface area contributed by atoms with E-state index >= 15 is 0 Å². The van der Waals surface area contributed by atoms with Crippen molar-refractivity contribution in [3.63, 3.8) is 0 Å². The molecular weight excluding hydrogens is 441 g/mol. The highest BCUT2D eigenvalue weighted by Crippen LogP contribution is 2.31. The van der Waals surface area contributed by atoms with Crippen LogP contribution in [0, 0.1) is 12.8 Å². The quantitative estimate of drug-likeness (QED) is 0.635. The Hall–Kier alpha value is -2.93. The van der Waals surface area contributed by atoms with E-state index in [9.17, 15) is 36.0 Å². The minimum atomic E-state index is -4.57. The second-order valence-electron chi connectivity index (χ2n) is 7.13. The van der Waals surface area contributed by atoms with Gasteiger partial charge in [-0.25, -0.2) is 13.2 Å². The van der Waals surface area contributed by atoms with Crippen molar-refractivity contribution in [3.8, 4) is 0 Å². The lowest BCUT2D eigenvalue weighted by Gasteiger charge is -2.31. The number of carbonyl (C=O) groups excluding carboxylic acids is 1. The van der Waals surface area contributed by atoms with Crippen LogP contribution in [0.3, 0.4) is 0 Å². The summed E-state index contributed by atoms with van der Waals surface area (Å²) in [6.45, 7) is 1.06. The molecule has 9 nitrogen and oxygen atoms in total. The number of alkyl halides is 3. The molecule has 3 rings (SSSR count). The van der Waals surface area contributed by atoms with Gasteiger partial charge in [0.15, 0.2) is 4.90 Å². The molecule has 0 saturated carbocycles. The van der Waals surface area contributed by atoms with Crippen LogP contribution >= 0.6 is 0 Å². The van der Waals surface area contributed by atoms with E-state index in [1.807, 2.05) is 4.98 Å². The number of hydrogen-bond donors (Lipinski definition) is 3. The molecule has 0 aliphatic carbocycles. The molecule has 1 amide bonds. The number of aryl methyl sites for hydroxylation is 1. The molecular formula is C18H19F3N4O5S. The number of hydrogen-bond acceptors (Lipinski definition) is 5. The van der Waals surface area contributed by atoms with Gasteiger partial charge in [-0.15, -0.1) is 0 Å². The van der Waals surface area contributed by atoms with Crippen molar-refractivity contribution in [1.82, 2.24) is 14.3 Å². The van der Waals surface area contributed by atoms with Gasteiger partial charge in [0.05, 0.1) is 11.5 Å². The van der Waals surface area contributed by atoms with Crippen molar-refractivity contribution in [2.24, 2.45) is 5.92 Å². The number of sulfonamides is 1. The zero-order valence-corrected chi connectivity index (χ0v) is 17.1. The van der Waals surface area contributed by atoms with Crippen LogP contribution in [0.2, 0.25) is 0 Å². The Morgan fingerprint density at radius 1 is 1.23 bits per heavy atom. The van der Waals surface area contributed by atoms with E-state index in [1.165, 1.54) is 13.0 Å². The van der Waals surface area contributed by atoms with Crippen molar-refractivity contribution >= 4 is 21.6 Å². The van der Waals surface area contributed by atoms with E-state index in [-0.39, 0.29) is 24.5 Å². The van der Waals surface area contributed by atoms with Gasteiger partial charge in [-0.3, -0.25) is 14.6 Å². The molecule has 0 bridgehead atoms. The number of nitrogens with one attached hydrogen (secondary N) is 3. The van der Waals surface area contributed by atoms with Gasteiger partial charge in [0.1, 0.15) is 0 Å². The lowest BCUT2D eigenvalue weighted by Crippen LogP contribution is -2.45. The average molecular weight is 460 g/mol. The number of benzene rings is 1. The third kappa shape index (κ3) is 4.88. The van der Waals surface area contributed by atoms with Gasteiger partial charge in [0.25, 0.3) is 5.56 Å². The van der Waals surface area contributed by atoms with Crippen molar-refractivity contribution in [3.05, 3.63) is 56.4 Å². The van der Waals surface area contributed by atoms with Gasteiger partial charge in [-0.1, -0.05) is 6.07 Å². The number of piperidine rings is 1. The number of halogens is 3. The molecule has 31 heavy (non-hydrogen) atoms. The molecule has 1 saturated heterocycles. The monoisotopic (exact) mass is 460 g/mol. The lowest BCUT2D eigenvalue weighted by molar-refractivity contribution is -0.137. The zero-order valence-electron chi connectivity index (χ0n) is 16.2. The average Bonchev–Trinajstić information content (AvgIpc) is 2.66. The normalized spacial score (nSPS) is 18.0. The molecule has 1 aliphatic heterocycles. The molecule has 1 atom stereocenters. The highest BCUT2D eigenvalue weighted by molar-refractivity contribution is 7.89. The van der Waals surface area contributed by atoms with E-state index < -0.39 is 49.7 Å². The molecule has 1 aromatic carbocycles. The van der Waals surface area contributed by atoms with Crippen molar-refractivity contribution in [2.75, 3.05) is 18.4 Å². The highest BCUT2D eigenvalue weighted by Gasteiger charge is 2.36. The third-order valence-corrected chi connectivity index (χ3v) is 6.90. The summed E-state index contributed by atoms with van der Waals surface area (Å²) < 4.78 is 65.4. The number of H-pyrrole nitrogens is 2. The van der Waals surface area contributed by atoms with Crippen LogP contribution in [0.1, 0.15) is 24.1 Å². The summed E-state index contributed by atoms with van der Waals surface area (Å²) >= 11 is 0. The van der Waals surface area contributed by atoms with E-state index in [1.54, 1.807) is 0 Å². The predicted octanol–water partition coefficient (Wildman–Crippen LogP) is 1.43. The molecule has 2 aromatic rings. The van der Waals surface area contributed by atoms with Crippen LogP contribution in [-0.2, 0) is 21.0 Å². The second-order valence-corrected chi connectivity index (χ2v) is 9.01. The number of carbonyl (C=O) groups is 1. The van der Waals surface area contributed by atoms with Gasteiger partial charge in [0.2, 0.25) is 15.9 Å². The van der Waals surface area contributed by atoms with Gasteiger partial charge in [-0.2, -0.15) is 17.5 Å².